The summed E-state index contributed by atoms with van der Waals surface area (Å²) in [4.78, 5) is 11.5. The zero-order valence-electron chi connectivity index (χ0n) is 8.58. The molecular weight excluding hydrogens is 180 g/mol. The van der Waals surface area contributed by atoms with E-state index >= 15 is 0 Å². The van der Waals surface area contributed by atoms with Crippen LogP contribution in [0.25, 0.3) is 0 Å². The second-order valence-electron chi connectivity index (χ2n) is 3.04. The van der Waals surface area contributed by atoms with Crippen LogP contribution in [0.15, 0.2) is 6.07 Å². The number of rotatable bonds is 4. The van der Waals surface area contributed by atoms with Gasteiger partial charge in [-0.3, -0.25) is 9.48 Å². The largest absolute Gasteiger partial charge is 0.349 e. The molecule has 0 atom stereocenters. The Morgan fingerprint density at radius 3 is 2.93 bits per heavy atom. The van der Waals surface area contributed by atoms with E-state index in [0.717, 1.165) is 12.1 Å². The zero-order chi connectivity index (χ0) is 10.6. The van der Waals surface area contributed by atoms with Gasteiger partial charge in [-0.2, -0.15) is 5.10 Å². The summed E-state index contributed by atoms with van der Waals surface area (Å²) in [5.41, 5.74) is 6.79. The fraction of sp³-hybridized carbons (Fsp3) is 0.556. The van der Waals surface area contributed by atoms with E-state index in [1.54, 1.807) is 17.8 Å². The fourth-order valence-corrected chi connectivity index (χ4v) is 1.19. The molecule has 0 spiro atoms. The fourth-order valence-electron chi connectivity index (χ4n) is 1.19. The van der Waals surface area contributed by atoms with Crippen LogP contribution in [0.1, 0.15) is 23.1 Å². The number of hydrogen-bond donors (Lipinski definition) is 2. The van der Waals surface area contributed by atoms with Gasteiger partial charge in [0.1, 0.15) is 5.69 Å². The molecule has 1 aromatic heterocycles. The van der Waals surface area contributed by atoms with Crippen molar-refractivity contribution in [3.63, 3.8) is 0 Å². The van der Waals surface area contributed by atoms with Crippen LogP contribution in [0.4, 0.5) is 0 Å². The number of hydrogen-bond acceptors (Lipinski definition) is 3. The highest BCUT2D eigenvalue weighted by atomic mass is 16.2. The van der Waals surface area contributed by atoms with Crippen LogP contribution in [-0.2, 0) is 13.5 Å². The number of carbonyl (C=O) groups excluding carboxylic acids is 1. The molecule has 1 heterocycles. The lowest BCUT2D eigenvalue weighted by molar-refractivity contribution is 0.0945. The standard InChI is InChI=1S/C9H16N4O/c1-3-7-6-8(13(2)12-7)9(14)11-5-4-10/h6H,3-5,10H2,1-2H3,(H,11,14). The van der Waals surface area contributed by atoms with Crippen molar-refractivity contribution in [3.8, 4) is 0 Å². The van der Waals surface area contributed by atoms with Gasteiger partial charge in [-0.1, -0.05) is 6.92 Å². The van der Waals surface area contributed by atoms with E-state index in [0.29, 0.717) is 18.8 Å². The SMILES string of the molecule is CCc1cc(C(=O)NCCN)n(C)n1. The third-order valence-corrected chi connectivity index (χ3v) is 1.96. The molecule has 14 heavy (non-hydrogen) atoms. The molecule has 0 aliphatic carbocycles. The highest BCUT2D eigenvalue weighted by Gasteiger charge is 2.11. The van der Waals surface area contributed by atoms with Gasteiger partial charge in [0.15, 0.2) is 0 Å². The van der Waals surface area contributed by atoms with Gasteiger partial charge in [-0.05, 0) is 12.5 Å². The van der Waals surface area contributed by atoms with E-state index < -0.39 is 0 Å². The molecule has 0 aliphatic rings. The molecule has 0 saturated carbocycles. The van der Waals surface area contributed by atoms with Crippen LogP contribution >= 0.6 is 0 Å². The number of aryl methyl sites for hydroxylation is 2. The van der Waals surface area contributed by atoms with E-state index in [1.165, 1.54) is 0 Å². The first kappa shape index (κ1) is 10.7. The molecule has 1 aromatic rings. The van der Waals surface area contributed by atoms with Crippen molar-refractivity contribution in [1.82, 2.24) is 15.1 Å². The summed E-state index contributed by atoms with van der Waals surface area (Å²) in [5.74, 6) is -0.120. The minimum atomic E-state index is -0.120. The quantitative estimate of drug-likeness (QED) is 0.692. The summed E-state index contributed by atoms with van der Waals surface area (Å²) in [5, 5.41) is 6.88. The third-order valence-electron chi connectivity index (χ3n) is 1.96. The number of nitrogens with one attached hydrogen (secondary N) is 1. The molecule has 0 fully saturated rings. The molecule has 0 aromatic carbocycles. The molecule has 0 saturated heterocycles. The second-order valence-corrected chi connectivity index (χ2v) is 3.04. The Bertz CT molecular complexity index is 319. The molecule has 5 nitrogen and oxygen atoms in total. The highest BCUT2D eigenvalue weighted by Crippen LogP contribution is 2.03. The summed E-state index contributed by atoms with van der Waals surface area (Å²) in [6.07, 6.45) is 0.831. The molecule has 0 unspecified atom stereocenters. The Balaban J connectivity index is 2.73. The summed E-state index contributed by atoms with van der Waals surface area (Å²) >= 11 is 0. The normalized spacial score (nSPS) is 10.2. The van der Waals surface area contributed by atoms with Crippen molar-refractivity contribution >= 4 is 5.91 Å². The van der Waals surface area contributed by atoms with Crippen LogP contribution < -0.4 is 11.1 Å². The van der Waals surface area contributed by atoms with Gasteiger partial charge in [0.25, 0.3) is 5.91 Å². The monoisotopic (exact) mass is 196 g/mol. The lowest BCUT2D eigenvalue weighted by Crippen LogP contribution is -2.30. The van der Waals surface area contributed by atoms with Gasteiger partial charge in [-0.15, -0.1) is 0 Å². The first-order chi connectivity index (χ1) is 6.69. The molecule has 0 aliphatic heterocycles. The van der Waals surface area contributed by atoms with Gasteiger partial charge in [-0.25, -0.2) is 0 Å². The minimum absolute atomic E-state index is 0.120. The minimum Gasteiger partial charge on any atom is -0.349 e. The number of nitrogens with two attached hydrogens (primary N) is 1. The molecule has 0 radical (unpaired) electrons. The Kier molecular flexibility index (Phi) is 3.64. The lowest BCUT2D eigenvalue weighted by atomic mass is 10.3. The predicted molar refractivity (Wildman–Crippen MR) is 54.0 cm³/mol. The van der Waals surface area contributed by atoms with Crippen molar-refractivity contribution in [2.24, 2.45) is 12.8 Å². The Hall–Kier alpha value is -1.36. The van der Waals surface area contributed by atoms with Gasteiger partial charge >= 0.3 is 0 Å². The van der Waals surface area contributed by atoms with Gasteiger partial charge in [0, 0.05) is 20.1 Å². The average Bonchev–Trinajstić information content (AvgIpc) is 2.56. The first-order valence-electron chi connectivity index (χ1n) is 4.70. The van der Waals surface area contributed by atoms with Crippen LogP contribution in [0.5, 0.6) is 0 Å². The Labute approximate surface area is 83.3 Å². The summed E-state index contributed by atoms with van der Waals surface area (Å²) in [6.45, 7) is 2.94. The first-order valence-corrected chi connectivity index (χ1v) is 4.70. The average molecular weight is 196 g/mol. The summed E-state index contributed by atoms with van der Waals surface area (Å²) < 4.78 is 1.59. The van der Waals surface area contributed by atoms with Gasteiger partial charge < -0.3 is 11.1 Å². The number of aromatic nitrogens is 2. The molecule has 78 valence electrons. The smallest absolute Gasteiger partial charge is 0.269 e. The maximum absolute atomic E-state index is 11.5. The molecule has 5 heteroatoms. The van der Waals surface area contributed by atoms with E-state index in [-0.39, 0.29) is 5.91 Å². The summed E-state index contributed by atoms with van der Waals surface area (Å²) in [6, 6.07) is 1.80. The molecular formula is C9H16N4O. The maximum Gasteiger partial charge on any atom is 0.269 e. The predicted octanol–water partition coefficient (Wildman–Crippen LogP) is -0.329. The second kappa shape index (κ2) is 4.76. The summed E-state index contributed by atoms with van der Waals surface area (Å²) in [7, 11) is 1.76. The number of carbonyl (C=O) groups is 1. The molecule has 0 bridgehead atoms. The van der Waals surface area contributed by atoms with E-state index in [9.17, 15) is 4.79 Å². The number of amides is 1. The molecule has 1 amide bonds. The van der Waals surface area contributed by atoms with Crippen molar-refractivity contribution in [1.29, 1.82) is 0 Å². The van der Waals surface area contributed by atoms with Crippen molar-refractivity contribution in [3.05, 3.63) is 17.5 Å². The molecule has 3 N–H and O–H groups in total. The Morgan fingerprint density at radius 1 is 1.71 bits per heavy atom. The van der Waals surface area contributed by atoms with E-state index in [4.69, 9.17) is 5.73 Å². The lowest BCUT2D eigenvalue weighted by Gasteiger charge is -2.02. The molecule has 1 rings (SSSR count). The van der Waals surface area contributed by atoms with Crippen LogP contribution in [0, 0.1) is 0 Å². The topological polar surface area (TPSA) is 72.9 Å². The van der Waals surface area contributed by atoms with Gasteiger partial charge in [0.2, 0.25) is 0 Å². The Morgan fingerprint density at radius 2 is 2.43 bits per heavy atom. The van der Waals surface area contributed by atoms with Crippen LogP contribution in [0.3, 0.4) is 0 Å². The van der Waals surface area contributed by atoms with Crippen molar-refractivity contribution in [2.75, 3.05) is 13.1 Å². The van der Waals surface area contributed by atoms with Crippen molar-refractivity contribution in [2.45, 2.75) is 13.3 Å². The highest BCUT2D eigenvalue weighted by molar-refractivity contribution is 5.92. The van der Waals surface area contributed by atoms with E-state index in [2.05, 4.69) is 10.4 Å². The third kappa shape index (κ3) is 2.32. The zero-order valence-corrected chi connectivity index (χ0v) is 8.58. The van der Waals surface area contributed by atoms with Gasteiger partial charge in [0.05, 0.1) is 5.69 Å². The van der Waals surface area contributed by atoms with E-state index in [1.807, 2.05) is 6.92 Å². The maximum atomic E-state index is 11.5. The van der Waals surface area contributed by atoms with Crippen LogP contribution in [-0.4, -0.2) is 28.8 Å². The van der Waals surface area contributed by atoms with Crippen molar-refractivity contribution < 1.29 is 4.79 Å². The van der Waals surface area contributed by atoms with Crippen LogP contribution in [0.2, 0.25) is 0 Å². The number of nitrogens with zero attached hydrogens (tertiary/aromatic N) is 2.